The lowest BCUT2D eigenvalue weighted by Crippen LogP contribution is -2.34. The van der Waals surface area contributed by atoms with Crippen molar-refractivity contribution in [2.75, 3.05) is 18.0 Å². The lowest BCUT2D eigenvalue weighted by molar-refractivity contribution is -0.385. The summed E-state index contributed by atoms with van der Waals surface area (Å²) in [7, 11) is 0. The molecule has 1 aromatic heterocycles. The number of benzene rings is 3. The summed E-state index contributed by atoms with van der Waals surface area (Å²) in [5, 5.41) is 13.9. The summed E-state index contributed by atoms with van der Waals surface area (Å²) in [6.45, 7) is 2.18. The number of carbonyl (C=O) groups is 2. The molecule has 0 radical (unpaired) electrons. The van der Waals surface area contributed by atoms with Crippen molar-refractivity contribution in [1.29, 1.82) is 0 Å². The number of aryl methyl sites for hydroxylation is 1. The summed E-state index contributed by atoms with van der Waals surface area (Å²) >= 11 is 0. The number of nitro benzene ring substituents is 1. The van der Waals surface area contributed by atoms with Gasteiger partial charge in [0.15, 0.2) is 5.76 Å². The highest BCUT2D eigenvalue weighted by Crippen LogP contribution is 2.26. The lowest BCUT2D eigenvalue weighted by Gasteiger charge is -2.22. The smallest absolute Gasteiger partial charge is 0.293 e. The largest absolute Gasteiger partial charge is 0.459 e. The highest BCUT2D eigenvalue weighted by atomic mass is 16.6. The monoisotopic (exact) mass is 499 g/mol. The molecule has 0 aliphatic carbocycles. The Labute approximate surface area is 213 Å². The number of hydrogen-bond acceptors (Lipinski definition) is 6. The average molecular weight is 500 g/mol. The van der Waals surface area contributed by atoms with E-state index >= 15 is 0 Å². The van der Waals surface area contributed by atoms with Crippen LogP contribution in [0.3, 0.4) is 0 Å². The van der Waals surface area contributed by atoms with Crippen molar-refractivity contribution in [3.8, 4) is 11.5 Å². The Balaban J connectivity index is 1.41. The van der Waals surface area contributed by atoms with Crippen molar-refractivity contribution in [2.45, 2.75) is 13.3 Å². The molecule has 1 N–H and O–H groups in total. The van der Waals surface area contributed by atoms with Crippen molar-refractivity contribution in [3.63, 3.8) is 0 Å². The van der Waals surface area contributed by atoms with Crippen LogP contribution in [0.1, 0.15) is 32.9 Å². The number of rotatable bonds is 10. The third-order valence-corrected chi connectivity index (χ3v) is 5.62. The molecule has 9 heteroatoms. The molecule has 0 aliphatic rings. The van der Waals surface area contributed by atoms with E-state index in [1.165, 1.54) is 12.3 Å². The van der Waals surface area contributed by atoms with Crippen LogP contribution in [0.15, 0.2) is 95.6 Å². The zero-order valence-corrected chi connectivity index (χ0v) is 20.1. The first-order valence-electron chi connectivity index (χ1n) is 11.6. The molecule has 0 saturated heterocycles. The van der Waals surface area contributed by atoms with Crippen LogP contribution in [0.25, 0.3) is 0 Å². The molecule has 0 saturated carbocycles. The Kier molecular flexibility index (Phi) is 7.95. The van der Waals surface area contributed by atoms with E-state index in [2.05, 4.69) is 5.32 Å². The Hall–Kier alpha value is -4.92. The summed E-state index contributed by atoms with van der Waals surface area (Å²) < 4.78 is 11.1. The number of carbonyl (C=O) groups excluding carboxylic acids is 2. The van der Waals surface area contributed by atoms with Crippen molar-refractivity contribution in [3.05, 3.63) is 118 Å². The maximum atomic E-state index is 13.1. The zero-order chi connectivity index (χ0) is 26.2. The predicted molar refractivity (Wildman–Crippen MR) is 138 cm³/mol. The molecular weight excluding hydrogens is 474 g/mol. The van der Waals surface area contributed by atoms with Gasteiger partial charge in [0, 0.05) is 36.0 Å². The molecule has 9 nitrogen and oxygen atoms in total. The topological polar surface area (TPSA) is 115 Å². The van der Waals surface area contributed by atoms with Gasteiger partial charge in [0.05, 0.1) is 11.2 Å². The number of nitrogens with zero attached hydrogens (tertiary/aromatic N) is 2. The van der Waals surface area contributed by atoms with Gasteiger partial charge in [-0.15, -0.1) is 0 Å². The van der Waals surface area contributed by atoms with Gasteiger partial charge >= 0.3 is 0 Å². The van der Waals surface area contributed by atoms with E-state index in [1.54, 1.807) is 60.4 Å². The molecule has 0 fully saturated rings. The molecule has 188 valence electrons. The molecule has 0 aliphatic heterocycles. The second kappa shape index (κ2) is 11.7. The minimum absolute atomic E-state index is 0.109. The lowest BCUT2D eigenvalue weighted by atomic mass is 10.1. The van der Waals surface area contributed by atoms with Crippen LogP contribution in [-0.4, -0.2) is 29.8 Å². The SMILES string of the molecule is Cc1ccc(C(=O)NCCCN(C(=O)c2ccco2)c2ccc(Oc3ccccc3)cc2)cc1[N+](=O)[O-]. The fourth-order valence-electron chi connectivity index (χ4n) is 3.69. The van der Waals surface area contributed by atoms with Crippen LogP contribution in [0.4, 0.5) is 11.4 Å². The van der Waals surface area contributed by atoms with Crippen molar-refractivity contribution in [1.82, 2.24) is 5.32 Å². The van der Waals surface area contributed by atoms with Crippen molar-refractivity contribution >= 4 is 23.2 Å². The number of nitrogens with one attached hydrogen (secondary N) is 1. The number of ether oxygens (including phenoxy) is 1. The quantitative estimate of drug-likeness (QED) is 0.169. The normalized spacial score (nSPS) is 10.5. The van der Waals surface area contributed by atoms with Gasteiger partial charge in [0.25, 0.3) is 17.5 Å². The highest BCUT2D eigenvalue weighted by Gasteiger charge is 2.20. The van der Waals surface area contributed by atoms with Crippen LogP contribution in [0, 0.1) is 17.0 Å². The van der Waals surface area contributed by atoms with E-state index in [0.29, 0.717) is 35.7 Å². The maximum Gasteiger partial charge on any atom is 0.293 e. The van der Waals surface area contributed by atoms with Crippen molar-refractivity contribution in [2.24, 2.45) is 0 Å². The minimum Gasteiger partial charge on any atom is -0.459 e. The molecule has 37 heavy (non-hydrogen) atoms. The fraction of sp³-hybridized carbons (Fsp3) is 0.143. The Morgan fingerprint density at radius 1 is 0.973 bits per heavy atom. The summed E-state index contributed by atoms with van der Waals surface area (Å²) in [5.74, 6) is 0.783. The number of anilines is 1. The maximum absolute atomic E-state index is 13.1. The minimum atomic E-state index is -0.513. The summed E-state index contributed by atoms with van der Waals surface area (Å²) in [6, 6.07) is 24.1. The van der Waals surface area contributed by atoms with Crippen LogP contribution in [0.2, 0.25) is 0 Å². The van der Waals surface area contributed by atoms with Gasteiger partial charge in [0.2, 0.25) is 0 Å². The van der Waals surface area contributed by atoms with E-state index in [0.717, 1.165) is 0 Å². The van der Waals surface area contributed by atoms with Gasteiger partial charge in [-0.2, -0.15) is 0 Å². The second-order valence-corrected chi connectivity index (χ2v) is 8.21. The van der Waals surface area contributed by atoms with E-state index in [-0.39, 0.29) is 29.5 Å². The number of nitro groups is 1. The molecule has 3 aromatic carbocycles. The molecular formula is C28H25N3O6. The van der Waals surface area contributed by atoms with Crippen molar-refractivity contribution < 1.29 is 23.7 Å². The number of amides is 2. The van der Waals surface area contributed by atoms with Gasteiger partial charge < -0.3 is 19.4 Å². The van der Waals surface area contributed by atoms with E-state index in [4.69, 9.17) is 9.15 Å². The number of furan rings is 1. The van der Waals surface area contributed by atoms with Crippen LogP contribution in [-0.2, 0) is 0 Å². The van der Waals surface area contributed by atoms with E-state index in [9.17, 15) is 19.7 Å². The van der Waals surface area contributed by atoms with Gasteiger partial charge in [0.1, 0.15) is 11.5 Å². The van der Waals surface area contributed by atoms with Gasteiger partial charge in [-0.1, -0.05) is 24.3 Å². The molecule has 0 spiro atoms. The molecule has 0 atom stereocenters. The first kappa shape index (κ1) is 25.2. The van der Waals surface area contributed by atoms with E-state index in [1.807, 2.05) is 30.3 Å². The first-order valence-corrected chi connectivity index (χ1v) is 11.6. The Bertz CT molecular complexity index is 1370. The van der Waals surface area contributed by atoms with Crippen LogP contribution in [0.5, 0.6) is 11.5 Å². The molecule has 4 rings (SSSR count). The van der Waals surface area contributed by atoms with Gasteiger partial charge in [-0.25, -0.2) is 0 Å². The molecule has 4 aromatic rings. The predicted octanol–water partition coefficient (Wildman–Crippen LogP) is 5.76. The second-order valence-electron chi connectivity index (χ2n) is 8.21. The third-order valence-electron chi connectivity index (χ3n) is 5.62. The third kappa shape index (κ3) is 6.40. The number of para-hydroxylation sites is 1. The molecule has 0 bridgehead atoms. The summed E-state index contributed by atoms with van der Waals surface area (Å²) in [6.07, 6.45) is 1.87. The Morgan fingerprint density at radius 2 is 1.70 bits per heavy atom. The van der Waals surface area contributed by atoms with E-state index < -0.39 is 10.8 Å². The first-order chi connectivity index (χ1) is 17.9. The Morgan fingerprint density at radius 3 is 2.38 bits per heavy atom. The molecule has 0 unspecified atom stereocenters. The van der Waals surface area contributed by atoms with Gasteiger partial charge in [-0.05, 0) is 67.9 Å². The fourth-order valence-corrected chi connectivity index (χ4v) is 3.69. The summed E-state index contributed by atoms with van der Waals surface area (Å²) in [5.41, 5.74) is 1.22. The van der Waals surface area contributed by atoms with Gasteiger partial charge in [-0.3, -0.25) is 19.7 Å². The van der Waals surface area contributed by atoms with Crippen LogP contribution >= 0.6 is 0 Å². The summed E-state index contributed by atoms with van der Waals surface area (Å²) in [4.78, 5) is 37.8. The average Bonchev–Trinajstić information content (AvgIpc) is 3.45. The highest BCUT2D eigenvalue weighted by molar-refractivity contribution is 6.04. The molecule has 1 heterocycles. The zero-order valence-electron chi connectivity index (χ0n) is 20.1. The standard InChI is InChI=1S/C28H25N3O6/c1-20-10-11-21(19-25(20)31(34)35)27(32)29-16-6-17-30(28(33)26-9-5-18-36-26)22-12-14-24(15-13-22)37-23-7-3-2-4-8-23/h2-5,7-15,18-19H,6,16-17H2,1H3,(H,29,32). The molecule has 2 amide bonds. The number of hydrogen-bond donors (Lipinski definition) is 1. The van der Waals surface area contributed by atoms with Crippen LogP contribution < -0.4 is 15.0 Å².